The molecule has 1 N–H and O–H groups in total. The van der Waals surface area contributed by atoms with Gasteiger partial charge in [0.2, 0.25) is 5.95 Å². The second kappa shape index (κ2) is 10.5. The van der Waals surface area contributed by atoms with Crippen LogP contribution < -0.4 is 10.2 Å². The number of hydrogen-bond donors (Lipinski definition) is 1. The average molecular weight is 589 g/mol. The third-order valence-electron chi connectivity index (χ3n) is 7.87. The van der Waals surface area contributed by atoms with Gasteiger partial charge >= 0.3 is 6.18 Å². The van der Waals surface area contributed by atoms with E-state index in [9.17, 15) is 18.0 Å². The number of hydrogen-bond acceptors (Lipinski definition) is 8. The minimum absolute atomic E-state index is 0.102. The number of carbonyl (C=O) groups excluding carboxylic acids is 1. The van der Waals surface area contributed by atoms with Gasteiger partial charge in [0.1, 0.15) is 10.4 Å². The molecule has 6 rings (SSSR count). The molecule has 12 heteroatoms. The molecule has 212 valence electrons. The van der Waals surface area contributed by atoms with Gasteiger partial charge in [-0.1, -0.05) is 0 Å². The topological polar surface area (TPSA) is 64.6 Å². The summed E-state index contributed by atoms with van der Waals surface area (Å²) in [6, 6.07) is 8.37. The van der Waals surface area contributed by atoms with Crippen molar-refractivity contribution in [2.24, 2.45) is 0 Å². The normalized spacial score (nSPS) is 20.4. The maximum absolute atomic E-state index is 14.0. The van der Waals surface area contributed by atoms with Crippen LogP contribution >= 0.6 is 23.1 Å². The number of nitrogens with zero attached hydrogens (tertiary/aromatic N) is 5. The second-order valence-electron chi connectivity index (χ2n) is 10.8. The van der Waals surface area contributed by atoms with Crippen molar-refractivity contribution >= 4 is 46.3 Å². The lowest BCUT2D eigenvalue weighted by atomic mass is 10.1. The molecule has 2 aliphatic heterocycles. The molecule has 0 unspecified atom stereocenters. The molecule has 1 aliphatic carbocycles. The number of likely N-dealkylation sites (N-methyl/N-ethyl adjacent to an activating group) is 1. The minimum Gasteiger partial charge on any atom is -0.369 e. The molecule has 7 nitrogen and oxygen atoms in total. The summed E-state index contributed by atoms with van der Waals surface area (Å²) in [5.41, 5.74) is 1.99. The number of thiophene rings is 1. The highest BCUT2D eigenvalue weighted by Gasteiger charge is 2.37. The number of fused-ring (bicyclic) bond motifs is 1. The van der Waals surface area contributed by atoms with E-state index in [4.69, 9.17) is 0 Å². The van der Waals surface area contributed by atoms with Gasteiger partial charge < -0.3 is 20.0 Å². The fourth-order valence-corrected chi connectivity index (χ4v) is 7.58. The molecule has 40 heavy (non-hydrogen) atoms. The summed E-state index contributed by atoms with van der Waals surface area (Å²) in [5.74, 6) is 1.02. The number of piperazine rings is 1. The molecule has 1 aromatic carbocycles. The number of aromatic nitrogens is 2. The Morgan fingerprint density at radius 3 is 2.62 bits per heavy atom. The van der Waals surface area contributed by atoms with Crippen molar-refractivity contribution in [3.8, 4) is 10.6 Å². The van der Waals surface area contributed by atoms with Gasteiger partial charge in [-0.15, -0.1) is 23.1 Å². The van der Waals surface area contributed by atoms with Crippen molar-refractivity contribution < 1.29 is 18.0 Å². The van der Waals surface area contributed by atoms with Crippen molar-refractivity contribution in [3.63, 3.8) is 0 Å². The van der Waals surface area contributed by atoms with E-state index in [1.54, 1.807) is 18.0 Å². The van der Waals surface area contributed by atoms with Crippen LogP contribution in [0.5, 0.6) is 0 Å². The van der Waals surface area contributed by atoms with E-state index in [0.717, 1.165) is 66.9 Å². The third-order valence-corrected chi connectivity index (χ3v) is 10.2. The van der Waals surface area contributed by atoms with E-state index >= 15 is 0 Å². The lowest BCUT2D eigenvalue weighted by molar-refractivity contribution is -0.137. The van der Waals surface area contributed by atoms with Gasteiger partial charge in [-0.2, -0.15) is 13.2 Å². The highest BCUT2D eigenvalue weighted by molar-refractivity contribution is 7.99. The number of nitrogens with one attached hydrogen (secondary N) is 1. The van der Waals surface area contributed by atoms with Crippen molar-refractivity contribution in [1.82, 2.24) is 19.8 Å². The Morgan fingerprint density at radius 2 is 1.90 bits per heavy atom. The first kappa shape index (κ1) is 27.3. The van der Waals surface area contributed by atoms with E-state index in [1.165, 1.54) is 11.8 Å². The molecular formula is C28H31F3N6OS2. The summed E-state index contributed by atoms with van der Waals surface area (Å²) in [6.45, 7) is 5.70. The Hall–Kier alpha value is -2.83. The summed E-state index contributed by atoms with van der Waals surface area (Å²) < 4.78 is 42.1. The lowest BCUT2D eigenvalue weighted by Gasteiger charge is -2.39. The zero-order chi connectivity index (χ0) is 28.2. The van der Waals surface area contributed by atoms with Crippen molar-refractivity contribution in [2.45, 2.75) is 42.8 Å². The molecular weight excluding hydrogens is 557 g/mol. The molecule has 1 saturated carbocycles. The van der Waals surface area contributed by atoms with Gasteiger partial charge in [0, 0.05) is 67.5 Å². The van der Waals surface area contributed by atoms with Crippen LogP contribution in [0.25, 0.3) is 10.6 Å². The SMILES string of the molecule is C[C@@H]1CN(c2ccc(Nc3ncc(C(F)(F)F)c(-c4cc5c(s4)C(=O)N(C)CCS5)n3)c(C3CC3)c2)CCN1C. The predicted molar refractivity (Wildman–Crippen MR) is 154 cm³/mol. The van der Waals surface area contributed by atoms with Crippen LogP contribution in [0.1, 0.15) is 46.5 Å². The van der Waals surface area contributed by atoms with Gasteiger partial charge in [-0.25, -0.2) is 9.97 Å². The molecule has 0 radical (unpaired) electrons. The van der Waals surface area contributed by atoms with Crippen LogP contribution in [0.2, 0.25) is 0 Å². The highest BCUT2D eigenvalue weighted by atomic mass is 32.2. The number of rotatable bonds is 5. The van der Waals surface area contributed by atoms with Gasteiger partial charge in [0.05, 0.1) is 10.6 Å². The van der Waals surface area contributed by atoms with Gasteiger partial charge in [0.25, 0.3) is 5.91 Å². The third kappa shape index (κ3) is 5.40. The zero-order valence-electron chi connectivity index (χ0n) is 22.6. The van der Waals surface area contributed by atoms with Crippen LogP contribution in [-0.4, -0.2) is 77.7 Å². The Morgan fingerprint density at radius 1 is 1.10 bits per heavy atom. The van der Waals surface area contributed by atoms with Crippen LogP contribution in [0.4, 0.5) is 30.5 Å². The maximum atomic E-state index is 14.0. The summed E-state index contributed by atoms with van der Waals surface area (Å²) >= 11 is 2.53. The largest absolute Gasteiger partial charge is 0.420 e. The number of carbonyl (C=O) groups is 1. The summed E-state index contributed by atoms with van der Waals surface area (Å²) in [4.78, 5) is 29.1. The Labute approximate surface area is 239 Å². The van der Waals surface area contributed by atoms with E-state index in [2.05, 4.69) is 51.2 Å². The summed E-state index contributed by atoms with van der Waals surface area (Å²) in [7, 11) is 3.85. The first-order valence-corrected chi connectivity index (χ1v) is 15.2. The van der Waals surface area contributed by atoms with Crippen molar-refractivity contribution in [1.29, 1.82) is 0 Å². The molecule has 0 bridgehead atoms. The Kier molecular flexibility index (Phi) is 7.20. The van der Waals surface area contributed by atoms with Gasteiger partial charge in [-0.05, 0) is 62.6 Å². The van der Waals surface area contributed by atoms with Crippen LogP contribution in [-0.2, 0) is 6.18 Å². The van der Waals surface area contributed by atoms with Crippen molar-refractivity contribution in [2.75, 3.05) is 56.2 Å². The number of amides is 1. The number of alkyl halides is 3. The fourth-order valence-electron chi connectivity index (χ4n) is 5.15. The summed E-state index contributed by atoms with van der Waals surface area (Å²) in [6.07, 6.45) is -1.63. The zero-order valence-corrected chi connectivity index (χ0v) is 24.2. The lowest BCUT2D eigenvalue weighted by Crippen LogP contribution is -2.50. The van der Waals surface area contributed by atoms with Crippen molar-refractivity contribution in [3.05, 3.63) is 46.5 Å². The molecule has 2 aromatic heterocycles. The maximum Gasteiger partial charge on any atom is 0.420 e. The fraction of sp³-hybridized carbons (Fsp3) is 0.464. The first-order chi connectivity index (χ1) is 19.1. The highest BCUT2D eigenvalue weighted by Crippen LogP contribution is 2.46. The number of thioether (sulfide) groups is 1. The molecule has 2 fully saturated rings. The van der Waals surface area contributed by atoms with E-state index in [0.29, 0.717) is 38.9 Å². The molecule has 3 aromatic rings. The van der Waals surface area contributed by atoms with Gasteiger partial charge in [-0.3, -0.25) is 4.79 Å². The molecule has 1 atom stereocenters. The van der Waals surface area contributed by atoms with Gasteiger partial charge in [0.15, 0.2) is 0 Å². The second-order valence-corrected chi connectivity index (χ2v) is 13.0. The molecule has 1 saturated heterocycles. The Bertz CT molecular complexity index is 1440. The molecule has 3 aliphatic rings. The quantitative estimate of drug-likeness (QED) is 0.383. The minimum atomic E-state index is -4.64. The standard InChI is InChI=1S/C28H31F3N6OS2/c1-16-15-37(9-8-35(16)2)18-6-7-21(19(12-18)17-4-5-17)33-27-32-14-20(28(29,30)31)24(34-27)22-13-23-25(40-22)26(38)36(3)10-11-39-23/h6-7,12-14,16-17H,4-5,8-11,15H2,1-3H3,(H,32,33,34)/t16-/m1/s1. The monoisotopic (exact) mass is 588 g/mol. The number of halogens is 3. The smallest absolute Gasteiger partial charge is 0.369 e. The van der Waals surface area contributed by atoms with Crippen LogP contribution in [0.15, 0.2) is 35.4 Å². The predicted octanol–water partition coefficient (Wildman–Crippen LogP) is 6.16. The van der Waals surface area contributed by atoms with Crippen LogP contribution in [0, 0.1) is 0 Å². The molecule has 0 spiro atoms. The summed E-state index contributed by atoms with van der Waals surface area (Å²) in [5, 5.41) is 3.22. The Balaban J connectivity index is 1.34. The number of benzene rings is 1. The van der Waals surface area contributed by atoms with E-state index < -0.39 is 11.7 Å². The molecule has 4 heterocycles. The van der Waals surface area contributed by atoms with Crippen LogP contribution in [0.3, 0.4) is 0 Å². The first-order valence-electron chi connectivity index (χ1n) is 13.4. The average Bonchev–Trinajstić information content (AvgIpc) is 3.70. The molecule has 1 amide bonds. The van der Waals surface area contributed by atoms with E-state index in [-0.39, 0.29) is 17.5 Å². The van der Waals surface area contributed by atoms with E-state index in [1.807, 2.05) is 6.07 Å². The number of anilines is 3.